The van der Waals surface area contributed by atoms with E-state index in [-0.39, 0.29) is 11.9 Å². The number of nitrogens with one attached hydrogen (secondary N) is 2. The maximum Gasteiger partial charge on any atom is 0.315 e. The third-order valence-electron chi connectivity index (χ3n) is 4.17. The van der Waals surface area contributed by atoms with Crippen LogP contribution in [0.25, 0.3) is 0 Å². The van der Waals surface area contributed by atoms with Gasteiger partial charge in [0.05, 0.1) is 17.9 Å². The number of nitrogens with zero attached hydrogens (tertiary/aromatic N) is 2. The zero-order valence-corrected chi connectivity index (χ0v) is 20.1. The van der Waals surface area contributed by atoms with Gasteiger partial charge in [-0.1, -0.05) is 33.4 Å². The minimum Gasteiger partial charge on any atom is -0.393 e. The van der Waals surface area contributed by atoms with E-state index in [1.807, 2.05) is 33.9 Å². The van der Waals surface area contributed by atoms with E-state index in [2.05, 4.69) is 40.7 Å². The van der Waals surface area contributed by atoms with Gasteiger partial charge in [0.2, 0.25) is 0 Å². The topological polar surface area (TPSA) is 114 Å². The molecule has 0 aromatic carbocycles. The van der Waals surface area contributed by atoms with Gasteiger partial charge >= 0.3 is 6.03 Å². The highest BCUT2D eigenvalue weighted by molar-refractivity contribution is 5.87. The number of amides is 2. The minimum atomic E-state index is -0.875. The number of aliphatic hydroxyl groups excluding tert-OH is 2. The molecule has 8 heteroatoms. The molecule has 0 saturated carbocycles. The Balaban J connectivity index is -0.000000464. The van der Waals surface area contributed by atoms with Crippen LogP contribution in [-0.4, -0.2) is 79.1 Å². The van der Waals surface area contributed by atoms with Crippen molar-refractivity contribution in [1.29, 1.82) is 0 Å². The van der Waals surface area contributed by atoms with Gasteiger partial charge in [-0.05, 0) is 59.5 Å². The molecular weight excluding hydrogens is 384 g/mol. The van der Waals surface area contributed by atoms with E-state index in [1.165, 1.54) is 20.9 Å². The molecule has 0 aliphatic rings. The Labute approximate surface area is 183 Å². The van der Waals surface area contributed by atoms with Crippen LogP contribution in [0.1, 0.15) is 48.0 Å². The summed E-state index contributed by atoms with van der Waals surface area (Å²) in [7, 11) is 3.48. The predicted octanol–water partition coefficient (Wildman–Crippen LogP) is 2.38. The number of aliphatic hydroxyl groups is 2. The average Bonchev–Trinajstić information content (AvgIpc) is 2.70. The molecule has 0 saturated heterocycles. The highest BCUT2D eigenvalue weighted by Gasteiger charge is 2.21. The summed E-state index contributed by atoms with van der Waals surface area (Å²) in [5.74, 6) is 0.0552. The number of ketones is 1. The Kier molecular flexibility index (Phi) is 22.0. The van der Waals surface area contributed by atoms with Gasteiger partial charge in [-0.15, -0.1) is 0 Å². The second kappa shape index (κ2) is 20.3. The quantitative estimate of drug-likeness (QED) is 0.298. The number of carbonyl (C=O) groups excluding carboxylic acids is 2. The van der Waals surface area contributed by atoms with Crippen LogP contribution in [0.5, 0.6) is 0 Å². The fourth-order valence-corrected chi connectivity index (χ4v) is 2.09. The summed E-state index contributed by atoms with van der Waals surface area (Å²) in [5, 5.41) is 23.0. The summed E-state index contributed by atoms with van der Waals surface area (Å²) in [6.07, 6.45) is 3.44. The highest BCUT2D eigenvalue weighted by atomic mass is 16.3. The Morgan fingerprint density at radius 3 is 2.03 bits per heavy atom. The van der Waals surface area contributed by atoms with Gasteiger partial charge < -0.3 is 25.7 Å². The van der Waals surface area contributed by atoms with Crippen molar-refractivity contribution in [3.8, 4) is 0 Å². The summed E-state index contributed by atoms with van der Waals surface area (Å²) in [6, 6.07) is -1.30. The maximum atomic E-state index is 10.8. The first kappa shape index (κ1) is 32.6. The lowest BCUT2D eigenvalue weighted by Gasteiger charge is -2.20. The van der Waals surface area contributed by atoms with Gasteiger partial charge in [0.1, 0.15) is 6.04 Å². The fourth-order valence-electron chi connectivity index (χ4n) is 2.09. The van der Waals surface area contributed by atoms with Gasteiger partial charge in [0, 0.05) is 13.6 Å². The van der Waals surface area contributed by atoms with E-state index >= 15 is 0 Å². The molecule has 0 aliphatic carbocycles. The Morgan fingerprint density at radius 1 is 1.17 bits per heavy atom. The molecule has 0 spiro atoms. The lowest BCUT2D eigenvalue weighted by molar-refractivity contribution is -0.120. The first-order valence-corrected chi connectivity index (χ1v) is 10.3. The second-order valence-electron chi connectivity index (χ2n) is 6.85. The number of Topliss-reactive ketones (excluding diaryl/α,β-unsaturated/α-hetero) is 1. The number of hydrogen-bond donors (Lipinski definition) is 4. The summed E-state index contributed by atoms with van der Waals surface area (Å²) in [4.78, 5) is 27.7. The number of carbonyl (C=O) groups is 2. The highest BCUT2D eigenvalue weighted by Crippen LogP contribution is 2.09. The van der Waals surface area contributed by atoms with Gasteiger partial charge in [-0.25, -0.2) is 4.79 Å². The summed E-state index contributed by atoms with van der Waals surface area (Å²) < 4.78 is 0. The first-order chi connectivity index (χ1) is 14.0. The molecular formula is C22H44N4O4. The van der Waals surface area contributed by atoms with Crippen molar-refractivity contribution in [1.82, 2.24) is 15.5 Å². The van der Waals surface area contributed by atoms with Crippen molar-refractivity contribution in [2.24, 2.45) is 10.9 Å². The maximum absolute atomic E-state index is 10.8. The molecule has 4 atom stereocenters. The second-order valence-corrected chi connectivity index (χ2v) is 6.85. The SMILES string of the molecule is C=C/C=C(/CN(C)CCC(C)C(C)O)N=C.CC.CNC(=O)NC(C(C)=O)C(C)O. The molecule has 176 valence electrons. The normalized spacial score (nSPS) is 14.6. The lowest BCUT2D eigenvalue weighted by Crippen LogP contribution is -2.49. The number of urea groups is 1. The van der Waals surface area contributed by atoms with Crippen LogP contribution in [0.15, 0.2) is 29.4 Å². The summed E-state index contributed by atoms with van der Waals surface area (Å²) in [6.45, 7) is 19.5. The van der Waals surface area contributed by atoms with Crippen molar-refractivity contribution in [3.05, 3.63) is 24.4 Å². The molecule has 0 aliphatic heterocycles. The standard InChI is InChI=1S/C13H24N2O.C7H14N2O3.C2H6/c1-6-7-13(14-4)10-15(5)9-8-11(2)12(3)16;1-4(10)6(5(2)11)9-7(12)8-3;1-2/h6-7,11-12,16H,1,4,8-10H2,2-3,5H3;4,6,10H,1-3H3,(H2,8,9,12);1-2H3/b13-7-;;. The lowest BCUT2D eigenvalue weighted by atomic mass is 10.0. The van der Waals surface area contributed by atoms with Crippen molar-refractivity contribution >= 4 is 18.5 Å². The van der Waals surface area contributed by atoms with Crippen molar-refractivity contribution in [2.75, 3.05) is 27.2 Å². The predicted molar refractivity (Wildman–Crippen MR) is 126 cm³/mol. The van der Waals surface area contributed by atoms with E-state index in [1.54, 1.807) is 6.08 Å². The number of rotatable bonds is 11. The first-order valence-electron chi connectivity index (χ1n) is 10.3. The zero-order valence-electron chi connectivity index (χ0n) is 20.1. The summed E-state index contributed by atoms with van der Waals surface area (Å²) in [5.41, 5.74) is 0.919. The fraction of sp³-hybridized carbons (Fsp3) is 0.682. The Bertz CT molecular complexity index is 519. The minimum absolute atomic E-state index is 0.242. The molecule has 30 heavy (non-hydrogen) atoms. The van der Waals surface area contributed by atoms with Crippen LogP contribution in [0, 0.1) is 5.92 Å². The monoisotopic (exact) mass is 428 g/mol. The van der Waals surface area contributed by atoms with E-state index < -0.39 is 18.2 Å². The molecule has 0 radical (unpaired) electrons. The van der Waals surface area contributed by atoms with Crippen molar-refractivity contribution < 1.29 is 19.8 Å². The van der Waals surface area contributed by atoms with Gasteiger partial charge in [0.25, 0.3) is 0 Å². The van der Waals surface area contributed by atoms with Gasteiger partial charge in [-0.3, -0.25) is 9.79 Å². The largest absolute Gasteiger partial charge is 0.393 e. The van der Waals surface area contributed by atoms with E-state index in [9.17, 15) is 14.7 Å². The Morgan fingerprint density at radius 2 is 1.70 bits per heavy atom. The van der Waals surface area contributed by atoms with E-state index in [0.717, 1.165) is 25.2 Å². The smallest absolute Gasteiger partial charge is 0.315 e. The molecule has 0 bridgehead atoms. The van der Waals surface area contributed by atoms with Crippen molar-refractivity contribution in [3.63, 3.8) is 0 Å². The van der Waals surface area contributed by atoms with Crippen LogP contribution in [0.3, 0.4) is 0 Å². The molecule has 0 rings (SSSR count). The van der Waals surface area contributed by atoms with Crippen LogP contribution >= 0.6 is 0 Å². The zero-order chi connectivity index (χ0) is 24.3. The number of aliphatic imine (C=N–C) groups is 1. The third kappa shape index (κ3) is 18.0. The molecule has 2 amide bonds. The average molecular weight is 429 g/mol. The molecule has 4 N–H and O–H groups in total. The number of allylic oxidation sites excluding steroid dienone is 2. The van der Waals surface area contributed by atoms with Gasteiger partial charge in [-0.2, -0.15) is 0 Å². The third-order valence-corrected chi connectivity index (χ3v) is 4.17. The molecule has 8 nitrogen and oxygen atoms in total. The summed E-state index contributed by atoms with van der Waals surface area (Å²) >= 11 is 0. The van der Waals surface area contributed by atoms with Crippen molar-refractivity contribution in [2.45, 2.75) is 66.2 Å². The van der Waals surface area contributed by atoms with Crippen LogP contribution in [0.2, 0.25) is 0 Å². The Hall–Kier alpha value is -2.03. The van der Waals surface area contributed by atoms with Crippen LogP contribution < -0.4 is 10.6 Å². The van der Waals surface area contributed by atoms with E-state index in [0.29, 0.717) is 5.92 Å². The molecule has 0 aromatic rings. The number of likely N-dealkylation sites (N-methyl/N-ethyl adjacent to an activating group) is 1. The molecule has 4 unspecified atom stereocenters. The van der Waals surface area contributed by atoms with Crippen LogP contribution in [0.4, 0.5) is 4.79 Å². The van der Waals surface area contributed by atoms with Gasteiger partial charge in [0.15, 0.2) is 5.78 Å². The van der Waals surface area contributed by atoms with E-state index in [4.69, 9.17) is 5.11 Å². The number of hydrogen-bond acceptors (Lipinski definition) is 6. The molecule has 0 fully saturated rings. The van der Waals surface area contributed by atoms with Crippen LogP contribution in [-0.2, 0) is 4.79 Å². The molecule has 0 heterocycles. The molecule has 0 aromatic heterocycles.